The molecule has 1 N–H and O–H groups in total. The van der Waals surface area contributed by atoms with Gasteiger partial charge in [-0.3, -0.25) is 4.57 Å². The van der Waals surface area contributed by atoms with Crippen molar-refractivity contribution in [3.05, 3.63) is 46.9 Å². The maximum atomic E-state index is 12.7. The van der Waals surface area contributed by atoms with Crippen LogP contribution in [0.4, 0.5) is 8.78 Å². The van der Waals surface area contributed by atoms with E-state index in [0.29, 0.717) is 32.8 Å². The molecule has 2 heterocycles. The second-order valence-electron chi connectivity index (χ2n) is 4.50. The molecule has 0 aliphatic heterocycles. The summed E-state index contributed by atoms with van der Waals surface area (Å²) in [6.07, 6.45) is 1.73. The fourth-order valence-corrected chi connectivity index (χ4v) is 3.08. The number of alkyl halides is 2. The molecule has 0 radical (unpaired) electrons. The predicted octanol–water partition coefficient (Wildman–Crippen LogP) is 4.71. The fourth-order valence-electron chi connectivity index (χ4n) is 2.16. The zero-order valence-electron chi connectivity index (χ0n) is 11.0. The van der Waals surface area contributed by atoms with Crippen molar-refractivity contribution in [2.24, 2.45) is 0 Å². The van der Waals surface area contributed by atoms with Gasteiger partial charge in [0, 0.05) is 11.1 Å². The van der Waals surface area contributed by atoms with Crippen LogP contribution < -0.4 is 0 Å². The van der Waals surface area contributed by atoms with Gasteiger partial charge in [0.25, 0.3) is 5.76 Å². The second kappa shape index (κ2) is 5.57. The number of aromatic amines is 1. The van der Waals surface area contributed by atoms with Gasteiger partial charge in [-0.2, -0.15) is 8.78 Å². The summed E-state index contributed by atoms with van der Waals surface area (Å²) in [5.74, 6) is -2.49. The summed E-state index contributed by atoms with van der Waals surface area (Å²) in [6.45, 7) is 1.93. The third kappa shape index (κ3) is 2.71. The van der Waals surface area contributed by atoms with Crippen molar-refractivity contribution in [2.45, 2.75) is 17.6 Å². The number of benzene rings is 1. The van der Waals surface area contributed by atoms with Crippen LogP contribution in [0.1, 0.15) is 5.56 Å². The van der Waals surface area contributed by atoms with Crippen molar-refractivity contribution >= 4 is 35.1 Å². The Labute approximate surface area is 129 Å². The van der Waals surface area contributed by atoms with Crippen LogP contribution in [0.15, 0.2) is 41.4 Å². The summed E-state index contributed by atoms with van der Waals surface area (Å²) in [7, 11) is 0. The lowest BCUT2D eigenvalue weighted by atomic mass is 10.3. The molecule has 0 atom stereocenters. The van der Waals surface area contributed by atoms with E-state index < -0.39 is 5.76 Å². The number of imidazole rings is 1. The highest BCUT2D eigenvalue weighted by molar-refractivity contribution is 7.99. The zero-order chi connectivity index (χ0) is 15.0. The van der Waals surface area contributed by atoms with E-state index in [0.717, 1.165) is 11.1 Å². The minimum absolute atomic E-state index is 0.436. The van der Waals surface area contributed by atoms with Gasteiger partial charge in [0.05, 0.1) is 11.2 Å². The van der Waals surface area contributed by atoms with E-state index in [2.05, 4.69) is 9.97 Å². The van der Waals surface area contributed by atoms with Gasteiger partial charge in [-0.15, -0.1) is 0 Å². The van der Waals surface area contributed by atoms with Crippen molar-refractivity contribution in [2.75, 3.05) is 0 Å². The highest BCUT2D eigenvalue weighted by Crippen LogP contribution is 2.32. The quantitative estimate of drug-likeness (QED) is 0.560. The minimum atomic E-state index is -2.49. The Hall–Kier alpha value is -1.73. The molecule has 0 unspecified atom stereocenters. The molecule has 21 heavy (non-hydrogen) atoms. The number of halogens is 2. The minimum Gasteiger partial charge on any atom is -0.329 e. The molecule has 0 aliphatic carbocycles. The molecule has 0 amide bonds. The second-order valence-corrected chi connectivity index (χ2v) is 5.91. The van der Waals surface area contributed by atoms with E-state index in [1.54, 1.807) is 35.0 Å². The van der Waals surface area contributed by atoms with E-state index >= 15 is 0 Å². The standard InChI is InChI=1S/C14H11F2N3S2/c1-8-6-9-12(17-7-8)19(14(20)18-9)10-4-2-3-5-11(10)21-13(15)16/h2-7,13H,1H3,(H,18,20). The number of aryl methyl sites for hydroxylation is 1. The molecule has 3 aromatic rings. The predicted molar refractivity (Wildman–Crippen MR) is 82.9 cm³/mol. The molecule has 3 rings (SSSR count). The highest BCUT2D eigenvalue weighted by atomic mass is 32.2. The molecule has 0 fully saturated rings. The van der Waals surface area contributed by atoms with Crippen molar-refractivity contribution in [3.63, 3.8) is 0 Å². The van der Waals surface area contributed by atoms with Crippen LogP contribution in [0.3, 0.4) is 0 Å². The Morgan fingerprint density at radius 3 is 2.86 bits per heavy atom. The summed E-state index contributed by atoms with van der Waals surface area (Å²) in [4.78, 5) is 7.90. The molecule has 2 aromatic heterocycles. The molecule has 0 saturated heterocycles. The lowest BCUT2D eigenvalue weighted by Gasteiger charge is -2.10. The molecule has 0 aliphatic rings. The monoisotopic (exact) mass is 323 g/mol. The van der Waals surface area contributed by atoms with E-state index in [1.807, 2.05) is 13.0 Å². The van der Waals surface area contributed by atoms with Gasteiger partial charge in [0.1, 0.15) is 0 Å². The Bertz CT molecular complexity index is 855. The number of pyridine rings is 1. The summed E-state index contributed by atoms with van der Waals surface area (Å²) in [5.41, 5.74) is 3.03. The van der Waals surface area contributed by atoms with Crippen molar-refractivity contribution in [1.29, 1.82) is 0 Å². The zero-order valence-corrected chi connectivity index (χ0v) is 12.6. The molecule has 0 spiro atoms. The summed E-state index contributed by atoms with van der Waals surface area (Å²) in [5, 5.41) is 0. The number of fused-ring (bicyclic) bond motifs is 1. The summed E-state index contributed by atoms with van der Waals surface area (Å²) < 4.78 is 27.6. The lowest BCUT2D eigenvalue weighted by Crippen LogP contribution is -1.98. The number of aromatic nitrogens is 3. The number of hydrogen-bond donors (Lipinski definition) is 1. The Morgan fingerprint density at radius 1 is 1.33 bits per heavy atom. The third-order valence-electron chi connectivity index (χ3n) is 2.98. The van der Waals surface area contributed by atoms with Crippen LogP contribution in [-0.2, 0) is 0 Å². The normalized spacial score (nSPS) is 11.4. The molecular weight excluding hydrogens is 312 g/mol. The third-order valence-corrected chi connectivity index (χ3v) is 4.04. The number of hydrogen-bond acceptors (Lipinski definition) is 3. The van der Waals surface area contributed by atoms with E-state index in [1.165, 1.54) is 0 Å². The Morgan fingerprint density at radius 2 is 2.10 bits per heavy atom. The molecule has 0 saturated carbocycles. The van der Waals surface area contributed by atoms with Crippen LogP contribution in [0.5, 0.6) is 0 Å². The van der Waals surface area contributed by atoms with Crippen LogP contribution in [0.25, 0.3) is 16.9 Å². The highest BCUT2D eigenvalue weighted by Gasteiger charge is 2.14. The lowest BCUT2D eigenvalue weighted by molar-refractivity contribution is 0.252. The van der Waals surface area contributed by atoms with Gasteiger partial charge in [-0.1, -0.05) is 23.9 Å². The summed E-state index contributed by atoms with van der Waals surface area (Å²) in [6, 6.07) is 8.86. The maximum absolute atomic E-state index is 12.7. The first-order valence-electron chi connectivity index (χ1n) is 6.18. The van der Waals surface area contributed by atoms with Crippen LogP contribution in [-0.4, -0.2) is 20.3 Å². The first-order chi connectivity index (χ1) is 10.1. The van der Waals surface area contributed by atoms with Crippen molar-refractivity contribution in [1.82, 2.24) is 14.5 Å². The van der Waals surface area contributed by atoms with E-state index in [4.69, 9.17) is 12.2 Å². The average molecular weight is 323 g/mol. The van der Waals surface area contributed by atoms with Crippen LogP contribution in [0, 0.1) is 11.7 Å². The smallest absolute Gasteiger partial charge is 0.288 e. The van der Waals surface area contributed by atoms with Crippen LogP contribution >= 0.6 is 24.0 Å². The van der Waals surface area contributed by atoms with Gasteiger partial charge in [0.2, 0.25) is 0 Å². The van der Waals surface area contributed by atoms with Crippen LogP contribution in [0.2, 0.25) is 0 Å². The topological polar surface area (TPSA) is 33.6 Å². The first kappa shape index (κ1) is 14.2. The van der Waals surface area contributed by atoms with Gasteiger partial charge >= 0.3 is 0 Å². The number of nitrogens with one attached hydrogen (secondary N) is 1. The molecule has 0 bridgehead atoms. The summed E-state index contributed by atoms with van der Waals surface area (Å²) >= 11 is 5.82. The number of nitrogens with zero attached hydrogens (tertiary/aromatic N) is 2. The number of rotatable bonds is 3. The molecule has 7 heteroatoms. The number of thioether (sulfide) groups is 1. The Balaban J connectivity index is 2.26. The van der Waals surface area contributed by atoms with E-state index in [-0.39, 0.29) is 0 Å². The largest absolute Gasteiger partial charge is 0.329 e. The average Bonchev–Trinajstić information content (AvgIpc) is 2.74. The molecule has 108 valence electrons. The first-order valence-corrected chi connectivity index (χ1v) is 7.46. The Kier molecular flexibility index (Phi) is 3.77. The van der Waals surface area contributed by atoms with Gasteiger partial charge in [-0.05, 0) is 42.9 Å². The maximum Gasteiger partial charge on any atom is 0.288 e. The molecular formula is C14H11F2N3S2. The molecule has 1 aromatic carbocycles. The SMILES string of the molecule is Cc1cnc2c(c1)[nH]c(=S)n2-c1ccccc1SC(F)F. The van der Waals surface area contributed by atoms with E-state index in [9.17, 15) is 8.78 Å². The van der Waals surface area contributed by atoms with Crippen molar-refractivity contribution in [3.8, 4) is 5.69 Å². The number of para-hydroxylation sites is 1. The van der Waals surface area contributed by atoms with Crippen molar-refractivity contribution < 1.29 is 8.78 Å². The van der Waals surface area contributed by atoms with Gasteiger partial charge < -0.3 is 4.98 Å². The number of H-pyrrole nitrogens is 1. The van der Waals surface area contributed by atoms with Gasteiger partial charge in [0.15, 0.2) is 10.4 Å². The molecule has 3 nitrogen and oxygen atoms in total. The van der Waals surface area contributed by atoms with Gasteiger partial charge in [-0.25, -0.2) is 4.98 Å². The fraction of sp³-hybridized carbons (Fsp3) is 0.143.